The molecule has 0 bridgehead atoms. The number of hydrogen-bond donors (Lipinski definition) is 1. The molecule has 1 unspecified atom stereocenters. The second-order valence-corrected chi connectivity index (χ2v) is 5.12. The Morgan fingerprint density at radius 1 is 1.30 bits per heavy atom. The molecule has 0 saturated carbocycles. The van der Waals surface area contributed by atoms with E-state index in [1.165, 1.54) is 0 Å². The number of nitrogens with zero attached hydrogens (tertiary/aromatic N) is 2. The topological polar surface area (TPSA) is 74.2 Å². The maximum absolute atomic E-state index is 6.06. The summed E-state index contributed by atoms with van der Waals surface area (Å²) in [5.41, 5.74) is 6.88. The zero-order valence-electron chi connectivity index (χ0n) is 12.2. The molecule has 0 aliphatic rings. The van der Waals surface area contributed by atoms with Gasteiger partial charge in [0.2, 0.25) is 11.7 Å². The minimum absolute atomic E-state index is 0.226. The first kappa shape index (κ1) is 14.5. The van der Waals surface area contributed by atoms with E-state index in [2.05, 4.69) is 24.0 Å². The first-order chi connectivity index (χ1) is 9.61. The number of hydrogen-bond acceptors (Lipinski definition) is 5. The van der Waals surface area contributed by atoms with E-state index < -0.39 is 0 Å². The summed E-state index contributed by atoms with van der Waals surface area (Å²) in [4.78, 5) is 4.39. The van der Waals surface area contributed by atoms with Crippen LogP contribution in [0, 0.1) is 5.92 Å². The van der Waals surface area contributed by atoms with Gasteiger partial charge in [-0.1, -0.05) is 31.1 Å². The first-order valence-electron chi connectivity index (χ1n) is 6.93. The lowest BCUT2D eigenvalue weighted by molar-refractivity contribution is 0.333. The highest BCUT2D eigenvalue weighted by Gasteiger charge is 2.18. The van der Waals surface area contributed by atoms with E-state index in [1.807, 2.05) is 31.2 Å². The molecule has 1 aromatic carbocycles. The average Bonchev–Trinajstić information content (AvgIpc) is 2.88. The van der Waals surface area contributed by atoms with E-state index in [9.17, 15) is 0 Å². The normalized spacial score (nSPS) is 12.7. The SMILES string of the molecule is CCOc1ccccc1-c1noc(C(N)CC(C)C)n1. The fourth-order valence-corrected chi connectivity index (χ4v) is 2.04. The molecule has 0 fully saturated rings. The number of nitrogens with two attached hydrogens (primary N) is 1. The van der Waals surface area contributed by atoms with Crippen LogP contribution in [0.4, 0.5) is 0 Å². The Kier molecular flexibility index (Phi) is 4.74. The highest BCUT2D eigenvalue weighted by molar-refractivity contribution is 5.63. The van der Waals surface area contributed by atoms with Gasteiger partial charge in [0.25, 0.3) is 0 Å². The van der Waals surface area contributed by atoms with E-state index in [0.717, 1.165) is 17.7 Å². The monoisotopic (exact) mass is 275 g/mol. The van der Waals surface area contributed by atoms with Crippen LogP contribution < -0.4 is 10.5 Å². The van der Waals surface area contributed by atoms with Crippen LogP contribution in [-0.4, -0.2) is 16.7 Å². The van der Waals surface area contributed by atoms with Crippen molar-refractivity contribution in [3.8, 4) is 17.1 Å². The number of ether oxygens (including phenoxy) is 1. The van der Waals surface area contributed by atoms with Crippen LogP contribution in [-0.2, 0) is 0 Å². The molecule has 5 nitrogen and oxygen atoms in total. The largest absolute Gasteiger partial charge is 0.493 e. The van der Waals surface area contributed by atoms with Gasteiger partial charge in [-0.3, -0.25) is 0 Å². The third-order valence-corrected chi connectivity index (χ3v) is 2.91. The van der Waals surface area contributed by atoms with Crippen molar-refractivity contribution in [3.63, 3.8) is 0 Å². The van der Waals surface area contributed by atoms with Crippen molar-refractivity contribution in [3.05, 3.63) is 30.2 Å². The van der Waals surface area contributed by atoms with Crippen molar-refractivity contribution >= 4 is 0 Å². The molecule has 1 atom stereocenters. The zero-order chi connectivity index (χ0) is 14.5. The molecule has 2 N–H and O–H groups in total. The van der Waals surface area contributed by atoms with Crippen molar-refractivity contribution < 1.29 is 9.26 Å². The minimum atomic E-state index is -0.226. The summed E-state index contributed by atoms with van der Waals surface area (Å²) in [5.74, 6) is 2.22. The second kappa shape index (κ2) is 6.52. The predicted octanol–water partition coefficient (Wildman–Crippen LogP) is 3.18. The van der Waals surface area contributed by atoms with Gasteiger partial charge in [0.1, 0.15) is 5.75 Å². The van der Waals surface area contributed by atoms with E-state index >= 15 is 0 Å². The van der Waals surface area contributed by atoms with Crippen LogP contribution in [0.1, 0.15) is 39.1 Å². The van der Waals surface area contributed by atoms with Gasteiger partial charge in [-0.25, -0.2) is 0 Å². The maximum atomic E-state index is 6.06. The Balaban J connectivity index is 2.24. The first-order valence-corrected chi connectivity index (χ1v) is 6.93. The van der Waals surface area contributed by atoms with Crippen LogP contribution in [0.2, 0.25) is 0 Å². The number of benzene rings is 1. The molecule has 0 saturated heterocycles. The molecule has 0 aliphatic carbocycles. The van der Waals surface area contributed by atoms with E-state index in [4.69, 9.17) is 15.0 Å². The summed E-state index contributed by atoms with van der Waals surface area (Å²) >= 11 is 0. The van der Waals surface area contributed by atoms with Gasteiger partial charge in [0.05, 0.1) is 18.2 Å². The average molecular weight is 275 g/mol. The maximum Gasteiger partial charge on any atom is 0.243 e. The summed E-state index contributed by atoms with van der Waals surface area (Å²) in [6.07, 6.45) is 0.814. The van der Waals surface area contributed by atoms with Gasteiger partial charge in [0, 0.05) is 0 Å². The lowest BCUT2D eigenvalue weighted by atomic mass is 10.0. The third-order valence-electron chi connectivity index (χ3n) is 2.91. The van der Waals surface area contributed by atoms with Crippen molar-refractivity contribution in [1.82, 2.24) is 10.1 Å². The Morgan fingerprint density at radius 2 is 2.05 bits per heavy atom. The molecular weight excluding hydrogens is 254 g/mol. The Morgan fingerprint density at radius 3 is 2.75 bits per heavy atom. The zero-order valence-corrected chi connectivity index (χ0v) is 12.2. The lowest BCUT2D eigenvalue weighted by Gasteiger charge is -2.08. The number of para-hydroxylation sites is 1. The smallest absolute Gasteiger partial charge is 0.243 e. The van der Waals surface area contributed by atoms with Gasteiger partial charge in [-0.2, -0.15) is 4.98 Å². The molecule has 0 aliphatic heterocycles. The quantitative estimate of drug-likeness (QED) is 0.876. The van der Waals surface area contributed by atoms with E-state index in [-0.39, 0.29) is 6.04 Å². The van der Waals surface area contributed by atoms with Crippen molar-refractivity contribution in [1.29, 1.82) is 0 Å². The summed E-state index contributed by atoms with van der Waals surface area (Å²) in [6, 6.07) is 7.41. The van der Waals surface area contributed by atoms with E-state index in [1.54, 1.807) is 0 Å². The lowest BCUT2D eigenvalue weighted by Crippen LogP contribution is -2.13. The Bertz CT molecular complexity index is 552. The van der Waals surface area contributed by atoms with Crippen molar-refractivity contribution in [2.75, 3.05) is 6.61 Å². The molecule has 0 amide bonds. The summed E-state index contributed by atoms with van der Waals surface area (Å²) in [6.45, 7) is 6.76. The number of rotatable bonds is 6. The molecule has 1 heterocycles. The van der Waals surface area contributed by atoms with Crippen molar-refractivity contribution in [2.45, 2.75) is 33.2 Å². The van der Waals surface area contributed by atoms with Crippen LogP contribution >= 0.6 is 0 Å². The molecule has 2 rings (SSSR count). The second-order valence-electron chi connectivity index (χ2n) is 5.12. The molecule has 20 heavy (non-hydrogen) atoms. The van der Waals surface area contributed by atoms with Gasteiger partial charge in [0.15, 0.2) is 0 Å². The molecular formula is C15H21N3O2. The fourth-order valence-electron chi connectivity index (χ4n) is 2.04. The van der Waals surface area contributed by atoms with E-state index in [0.29, 0.717) is 24.2 Å². The van der Waals surface area contributed by atoms with Gasteiger partial charge >= 0.3 is 0 Å². The molecule has 0 radical (unpaired) electrons. The van der Waals surface area contributed by atoms with Crippen LogP contribution in [0.3, 0.4) is 0 Å². The van der Waals surface area contributed by atoms with Crippen molar-refractivity contribution in [2.24, 2.45) is 11.7 Å². The van der Waals surface area contributed by atoms with Gasteiger partial charge in [-0.05, 0) is 31.4 Å². The summed E-state index contributed by atoms with van der Waals surface area (Å²) in [7, 11) is 0. The summed E-state index contributed by atoms with van der Waals surface area (Å²) in [5, 5.41) is 4.01. The molecule has 1 aromatic heterocycles. The number of aromatic nitrogens is 2. The van der Waals surface area contributed by atoms with Crippen LogP contribution in [0.15, 0.2) is 28.8 Å². The fraction of sp³-hybridized carbons (Fsp3) is 0.467. The summed E-state index contributed by atoms with van der Waals surface area (Å²) < 4.78 is 10.8. The molecule has 5 heteroatoms. The highest BCUT2D eigenvalue weighted by atomic mass is 16.5. The minimum Gasteiger partial charge on any atom is -0.493 e. The molecule has 2 aromatic rings. The predicted molar refractivity (Wildman–Crippen MR) is 77.3 cm³/mol. The van der Waals surface area contributed by atoms with Crippen LogP contribution in [0.5, 0.6) is 5.75 Å². The third kappa shape index (κ3) is 3.36. The Hall–Kier alpha value is -1.88. The highest BCUT2D eigenvalue weighted by Crippen LogP contribution is 2.28. The molecule has 0 spiro atoms. The Labute approximate surface area is 119 Å². The standard InChI is InChI=1S/C15H21N3O2/c1-4-19-13-8-6-5-7-11(13)14-17-15(20-18-14)12(16)9-10(2)3/h5-8,10,12H,4,9,16H2,1-3H3. The van der Waals surface area contributed by atoms with Gasteiger partial charge < -0.3 is 15.0 Å². The van der Waals surface area contributed by atoms with Gasteiger partial charge in [-0.15, -0.1) is 0 Å². The molecule has 108 valence electrons. The van der Waals surface area contributed by atoms with Crippen LogP contribution in [0.25, 0.3) is 11.4 Å².